The lowest BCUT2D eigenvalue weighted by molar-refractivity contribution is 0.0984. The minimum atomic E-state index is -0.160. The van der Waals surface area contributed by atoms with E-state index in [2.05, 4.69) is 4.98 Å². The standard InChI is InChI=1S/C23H17NO2S2/c25-20-18-12-7-13-24-19(18)21(26)23(28-15-17-10-5-2-6-11-17)22(20)27-14-16-8-3-1-4-9-16/h1-13H,14-15H2. The van der Waals surface area contributed by atoms with Gasteiger partial charge in [-0.15, -0.1) is 23.5 Å². The van der Waals surface area contributed by atoms with Crippen LogP contribution in [0.4, 0.5) is 0 Å². The van der Waals surface area contributed by atoms with Gasteiger partial charge in [0, 0.05) is 17.7 Å². The third kappa shape index (κ3) is 3.96. The number of benzene rings is 2. The van der Waals surface area contributed by atoms with E-state index in [1.165, 1.54) is 23.5 Å². The van der Waals surface area contributed by atoms with Gasteiger partial charge >= 0.3 is 0 Å². The van der Waals surface area contributed by atoms with Gasteiger partial charge in [0.05, 0.1) is 15.4 Å². The number of hydrogen-bond donors (Lipinski definition) is 0. The molecule has 0 bridgehead atoms. The van der Waals surface area contributed by atoms with Crippen molar-refractivity contribution in [2.75, 3.05) is 0 Å². The summed E-state index contributed by atoms with van der Waals surface area (Å²) < 4.78 is 0. The summed E-state index contributed by atoms with van der Waals surface area (Å²) in [5.74, 6) is 0.998. The number of thioether (sulfide) groups is 2. The number of fused-ring (bicyclic) bond motifs is 1. The van der Waals surface area contributed by atoms with E-state index in [0.29, 0.717) is 26.9 Å². The highest BCUT2D eigenvalue weighted by Gasteiger charge is 2.33. The molecule has 1 aliphatic carbocycles. The quantitative estimate of drug-likeness (QED) is 0.541. The van der Waals surface area contributed by atoms with Crippen molar-refractivity contribution in [1.82, 2.24) is 4.98 Å². The maximum atomic E-state index is 13.1. The monoisotopic (exact) mass is 403 g/mol. The molecule has 4 rings (SSSR count). The van der Waals surface area contributed by atoms with Gasteiger partial charge in [-0.3, -0.25) is 14.6 Å². The maximum absolute atomic E-state index is 13.1. The lowest BCUT2D eigenvalue weighted by atomic mass is 10.00. The number of carbonyl (C=O) groups excluding carboxylic acids is 2. The second-order valence-corrected chi connectivity index (χ2v) is 8.24. The van der Waals surface area contributed by atoms with Crippen molar-refractivity contribution in [3.8, 4) is 0 Å². The van der Waals surface area contributed by atoms with Gasteiger partial charge in [-0.1, -0.05) is 60.7 Å². The smallest absolute Gasteiger partial charge is 0.219 e. The molecule has 5 heteroatoms. The first-order valence-electron chi connectivity index (χ1n) is 8.86. The molecule has 0 saturated carbocycles. The molecule has 0 saturated heterocycles. The van der Waals surface area contributed by atoms with Crippen molar-refractivity contribution >= 4 is 35.1 Å². The molecule has 2 aromatic carbocycles. The lowest BCUT2D eigenvalue weighted by Gasteiger charge is -2.19. The van der Waals surface area contributed by atoms with Gasteiger partial charge in [-0.2, -0.15) is 0 Å². The summed E-state index contributed by atoms with van der Waals surface area (Å²) in [5, 5.41) is 0. The number of carbonyl (C=O) groups is 2. The topological polar surface area (TPSA) is 47.0 Å². The van der Waals surface area contributed by atoms with Crippen molar-refractivity contribution in [3.63, 3.8) is 0 Å². The molecule has 3 aromatic rings. The second kappa shape index (κ2) is 8.59. The van der Waals surface area contributed by atoms with Gasteiger partial charge in [-0.05, 0) is 23.3 Å². The van der Waals surface area contributed by atoms with Crippen molar-refractivity contribution < 1.29 is 9.59 Å². The molecule has 3 nitrogen and oxygen atoms in total. The molecule has 0 atom stereocenters. The summed E-state index contributed by atoms with van der Waals surface area (Å²) >= 11 is 2.85. The van der Waals surface area contributed by atoms with E-state index in [0.717, 1.165) is 11.1 Å². The zero-order chi connectivity index (χ0) is 19.3. The molecule has 0 fully saturated rings. The van der Waals surface area contributed by atoms with Crippen LogP contribution in [0, 0.1) is 0 Å². The molecule has 1 heterocycles. The van der Waals surface area contributed by atoms with E-state index in [4.69, 9.17) is 0 Å². The largest absolute Gasteiger partial charge is 0.288 e. The summed E-state index contributed by atoms with van der Waals surface area (Å²) in [5.41, 5.74) is 2.88. The number of pyridine rings is 1. The number of nitrogens with zero attached hydrogens (tertiary/aromatic N) is 1. The SMILES string of the molecule is O=C1C(SCc2ccccc2)=C(SCc2ccccc2)C(=O)c2ncccc21. The predicted octanol–water partition coefficient (Wildman–Crippen LogP) is 5.54. The molecule has 0 spiro atoms. The highest BCUT2D eigenvalue weighted by molar-refractivity contribution is 8.07. The number of aromatic nitrogens is 1. The molecule has 0 aliphatic heterocycles. The Bertz CT molecular complexity index is 962. The molecule has 0 amide bonds. The molecule has 0 unspecified atom stereocenters. The molecule has 1 aromatic heterocycles. The third-order valence-electron chi connectivity index (χ3n) is 4.34. The number of allylic oxidation sites excluding steroid dienone is 2. The minimum Gasteiger partial charge on any atom is -0.288 e. The predicted molar refractivity (Wildman–Crippen MR) is 115 cm³/mol. The highest BCUT2D eigenvalue weighted by Crippen LogP contribution is 2.39. The van der Waals surface area contributed by atoms with Gasteiger partial charge in [0.15, 0.2) is 0 Å². The normalized spacial score (nSPS) is 13.6. The number of hydrogen-bond acceptors (Lipinski definition) is 5. The number of rotatable bonds is 6. The first-order chi connectivity index (χ1) is 13.7. The molecule has 0 N–H and O–H groups in total. The van der Waals surface area contributed by atoms with E-state index < -0.39 is 0 Å². The van der Waals surface area contributed by atoms with E-state index >= 15 is 0 Å². The van der Waals surface area contributed by atoms with Gasteiger partial charge in [0.25, 0.3) is 0 Å². The zero-order valence-electron chi connectivity index (χ0n) is 15.0. The van der Waals surface area contributed by atoms with Gasteiger partial charge < -0.3 is 0 Å². The molecule has 138 valence electrons. The van der Waals surface area contributed by atoms with Crippen LogP contribution in [0.2, 0.25) is 0 Å². The van der Waals surface area contributed by atoms with Crippen LogP contribution in [-0.4, -0.2) is 16.6 Å². The van der Waals surface area contributed by atoms with Crippen molar-refractivity contribution in [1.29, 1.82) is 0 Å². The number of Topliss-reactive ketones (excluding diaryl/α,β-unsaturated/α-hetero) is 2. The van der Waals surface area contributed by atoms with E-state index in [9.17, 15) is 9.59 Å². The van der Waals surface area contributed by atoms with E-state index in [-0.39, 0.29) is 17.3 Å². The lowest BCUT2D eigenvalue weighted by Crippen LogP contribution is -2.21. The Balaban J connectivity index is 1.66. The van der Waals surface area contributed by atoms with Gasteiger partial charge in [0.2, 0.25) is 11.6 Å². The Morgan fingerprint density at radius 3 is 1.75 bits per heavy atom. The van der Waals surface area contributed by atoms with Gasteiger partial charge in [0.1, 0.15) is 5.69 Å². The van der Waals surface area contributed by atoms with Gasteiger partial charge in [-0.25, -0.2) is 0 Å². The Morgan fingerprint density at radius 1 is 0.643 bits per heavy atom. The Labute approximate surface area is 172 Å². The first kappa shape index (κ1) is 18.7. The Morgan fingerprint density at radius 2 is 1.18 bits per heavy atom. The number of ketones is 2. The highest BCUT2D eigenvalue weighted by atomic mass is 32.2. The van der Waals surface area contributed by atoms with Crippen LogP contribution in [0.5, 0.6) is 0 Å². The van der Waals surface area contributed by atoms with Crippen molar-refractivity contribution in [2.24, 2.45) is 0 Å². The Kier molecular flexibility index (Phi) is 5.74. The molecular formula is C23H17NO2S2. The van der Waals surface area contributed by atoms with E-state index in [1.54, 1.807) is 18.3 Å². The minimum absolute atomic E-state index is 0.112. The average Bonchev–Trinajstić information content (AvgIpc) is 2.76. The van der Waals surface area contributed by atoms with Crippen molar-refractivity contribution in [2.45, 2.75) is 11.5 Å². The zero-order valence-corrected chi connectivity index (χ0v) is 16.6. The summed E-state index contributed by atoms with van der Waals surface area (Å²) in [4.78, 5) is 31.4. The molecule has 1 aliphatic rings. The second-order valence-electron chi connectivity index (χ2n) is 6.26. The van der Waals surface area contributed by atoms with Crippen LogP contribution in [0.25, 0.3) is 0 Å². The third-order valence-corrected chi connectivity index (χ3v) is 6.78. The van der Waals surface area contributed by atoms with E-state index in [1.807, 2.05) is 60.7 Å². The fourth-order valence-electron chi connectivity index (χ4n) is 2.93. The summed E-state index contributed by atoms with van der Waals surface area (Å²) in [6.45, 7) is 0. The van der Waals surface area contributed by atoms with Crippen LogP contribution >= 0.6 is 23.5 Å². The van der Waals surface area contributed by atoms with Crippen LogP contribution in [0.3, 0.4) is 0 Å². The maximum Gasteiger partial charge on any atom is 0.219 e. The van der Waals surface area contributed by atoms with Crippen LogP contribution < -0.4 is 0 Å². The summed E-state index contributed by atoms with van der Waals surface area (Å²) in [6, 6.07) is 23.3. The van der Waals surface area contributed by atoms with Crippen LogP contribution in [0.15, 0.2) is 88.8 Å². The van der Waals surface area contributed by atoms with Crippen molar-refractivity contribution in [3.05, 3.63) is 111 Å². The average molecular weight is 404 g/mol. The van der Waals surface area contributed by atoms with Crippen LogP contribution in [-0.2, 0) is 11.5 Å². The Hall–Kier alpha value is -2.63. The summed E-state index contributed by atoms with van der Waals surface area (Å²) in [6.07, 6.45) is 1.56. The van der Waals surface area contributed by atoms with Crippen LogP contribution in [0.1, 0.15) is 32.0 Å². The molecule has 0 radical (unpaired) electrons. The summed E-state index contributed by atoms with van der Waals surface area (Å²) in [7, 11) is 0. The fourth-order valence-corrected chi connectivity index (χ4v) is 5.20. The molecular weight excluding hydrogens is 386 g/mol. The first-order valence-corrected chi connectivity index (χ1v) is 10.8. The molecule has 28 heavy (non-hydrogen) atoms. The fraction of sp³-hybridized carbons (Fsp3) is 0.0870.